The van der Waals surface area contributed by atoms with Crippen LogP contribution in [0, 0.1) is 5.92 Å². The molecule has 0 amide bonds. The van der Waals surface area contributed by atoms with Crippen LogP contribution in [-0.2, 0) is 4.79 Å². The van der Waals surface area contributed by atoms with Crippen LogP contribution < -0.4 is 5.32 Å². The average molecular weight is 416 g/mol. The fraction of sp³-hybridized carbons (Fsp3) is 0.393. The van der Waals surface area contributed by atoms with Crippen molar-refractivity contribution >= 4 is 22.4 Å². The number of hydrogen-bond donors (Lipinski definition) is 2. The van der Waals surface area contributed by atoms with E-state index in [2.05, 4.69) is 66.8 Å². The average Bonchev–Trinajstić information content (AvgIpc) is 3.26. The Bertz CT molecular complexity index is 1010. The van der Waals surface area contributed by atoms with Crippen LogP contribution in [0.4, 0.5) is 5.69 Å². The summed E-state index contributed by atoms with van der Waals surface area (Å²) in [6.45, 7) is 2.33. The number of hydrogen-bond acceptors (Lipinski definition) is 2. The molecule has 162 valence electrons. The zero-order valence-electron chi connectivity index (χ0n) is 18.4. The normalized spacial score (nSPS) is 19.4. The third-order valence-electron chi connectivity index (χ3n) is 6.97. The molecule has 1 aliphatic rings. The Labute approximate surface area is 185 Å². The van der Waals surface area contributed by atoms with Crippen molar-refractivity contribution in [2.45, 2.75) is 57.3 Å². The number of benzene rings is 3. The second-order valence-corrected chi connectivity index (χ2v) is 9.15. The first-order valence-electron chi connectivity index (χ1n) is 11.6. The fourth-order valence-electron chi connectivity index (χ4n) is 5.24. The molecule has 3 aromatic carbocycles. The minimum Gasteiger partial charge on any atom is -0.480 e. The van der Waals surface area contributed by atoms with Crippen molar-refractivity contribution in [1.82, 2.24) is 0 Å². The van der Waals surface area contributed by atoms with Gasteiger partial charge in [0.1, 0.15) is 6.54 Å². The molecule has 0 heterocycles. The van der Waals surface area contributed by atoms with E-state index < -0.39 is 5.97 Å². The van der Waals surface area contributed by atoms with Gasteiger partial charge in [-0.05, 0) is 77.5 Å². The molecule has 3 atom stereocenters. The molecule has 1 fully saturated rings. The van der Waals surface area contributed by atoms with Crippen LogP contribution in [0.25, 0.3) is 10.8 Å². The van der Waals surface area contributed by atoms with Gasteiger partial charge in [0.05, 0.1) is 0 Å². The van der Waals surface area contributed by atoms with Gasteiger partial charge in [-0.2, -0.15) is 0 Å². The number of carboxylic acid groups (broad SMARTS) is 1. The SMILES string of the molecule is C[C@@H](CCC[C@H]1CC[C@@H](c2ccc(NCC(=O)O)cc2)C1)c1cccc2ccccc12. The summed E-state index contributed by atoms with van der Waals surface area (Å²) in [6, 6.07) is 23.8. The Morgan fingerprint density at radius 3 is 2.61 bits per heavy atom. The zero-order chi connectivity index (χ0) is 21.6. The van der Waals surface area contributed by atoms with Gasteiger partial charge in [0.25, 0.3) is 0 Å². The van der Waals surface area contributed by atoms with Crippen LogP contribution in [0.15, 0.2) is 66.7 Å². The van der Waals surface area contributed by atoms with E-state index in [4.69, 9.17) is 5.11 Å². The van der Waals surface area contributed by atoms with Gasteiger partial charge in [0, 0.05) is 5.69 Å². The summed E-state index contributed by atoms with van der Waals surface area (Å²) in [7, 11) is 0. The van der Waals surface area contributed by atoms with E-state index in [1.165, 1.54) is 60.4 Å². The molecule has 3 aromatic rings. The monoisotopic (exact) mass is 415 g/mol. The quantitative estimate of drug-likeness (QED) is 0.389. The molecular formula is C28H33NO2. The highest BCUT2D eigenvalue weighted by Gasteiger charge is 2.25. The summed E-state index contributed by atoms with van der Waals surface area (Å²) in [5.74, 6) is 1.23. The zero-order valence-corrected chi connectivity index (χ0v) is 18.4. The maximum Gasteiger partial charge on any atom is 0.322 e. The lowest BCUT2D eigenvalue weighted by molar-refractivity contribution is -0.134. The molecule has 0 aromatic heterocycles. The van der Waals surface area contributed by atoms with E-state index in [1.54, 1.807) is 0 Å². The van der Waals surface area contributed by atoms with Crippen LogP contribution in [0.3, 0.4) is 0 Å². The van der Waals surface area contributed by atoms with E-state index in [0.29, 0.717) is 11.8 Å². The predicted octanol–water partition coefficient (Wildman–Crippen LogP) is 7.19. The highest BCUT2D eigenvalue weighted by Crippen LogP contribution is 2.41. The van der Waals surface area contributed by atoms with Crippen LogP contribution in [-0.4, -0.2) is 17.6 Å². The minimum atomic E-state index is -0.836. The van der Waals surface area contributed by atoms with Crippen molar-refractivity contribution in [3.63, 3.8) is 0 Å². The van der Waals surface area contributed by atoms with Gasteiger partial charge >= 0.3 is 5.97 Å². The number of anilines is 1. The third kappa shape index (κ3) is 5.46. The lowest BCUT2D eigenvalue weighted by Crippen LogP contribution is -2.12. The number of fused-ring (bicyclic) bond motifs is 1. The number of carboxylic acids is 1. The minimum absolute atomic E-state index is 0.0396. The first-order valence-corrected chi connectivity index (χ1v) is 11.6. The van der Waals surface area contributed by atoms with Crippen LogP contribution in [0.2, 0.25) is 0 Å². The fourth-order valence-corrected chi connectivity index (χ4v) is 5.24. The van der Waals surface area contributed by atoms with Crippen LogP contribution in [0.1, 0.15) is 68.4 Å². The first kappa shape index (κ1) is 21.4. The molecular weight excluding hydrogens is 382 g/mol. The van der Waals surface area contributed by atoms with E-state index in [-0.39, 0.29) is 6.54 Å². The Morgan fingerprint density at radius 2 is 1.81 bits per heavy atom. The van der Waals surface area contributed by atoms with Gasteiger partial charge in [0.2, 0.25) is 0 Å². The molecule has 0 radical (unpaired) electrons. The van der Waals surface area contributed by atoms with Gasteiger partial charge < -0.3 is 10.4 Å². The Kier molecular flexibility index (Phi) is 6.91. The van der Waals surface area contributed by atoms with Crippen molar-refractivity contribution < 1.29 is 9.90 Å². The lowest BCUT2D eigenvalue weighted by atomic mass is 9.89. The van der Waals surface area contributed by atoms with Gasteiger partial charge in [-0.15, -0.1) is 0 Å². The third-order valence-corrected chi connectivity index (χ3v) is 6.97. The predicted molar refractivity (Wildman–Crippen MR) is 129 cm³/mol. The summed E-state index contributed by atoms with van der Waals surface area (Å²) in [5.41, 5.74) is 3.76. The van der Waals surface area contributed by atoms with Gasteiger partial charge in [0.15, 0.2) is 0 Å². The standard InChI is InChI=1S/C28H33NO2/c1-20(26-11-5-9-23-8-2-3-10-27(23)26)6-4-7-21-12-13-24(18-21)22-14-16-25(17-15-22)29-19-28(30)31/h2-3,5,8-11,14-17,20-21,24,29H,4,6-7,12-13,18-19H2,1H3,(H,30,31)/t20-,21-,24+/m0/s1. The molecule has 1 aliphatic carbocycles. The van der Waals surface area contributed by atoms with Crippen molar-refractivity contribution in [3.8, 4) is 0 Å². The summed E-state index contributed by atoms with van der Waals surface area (Å²) in [5, 5.41) is 14.5. The number of aliphatic carboxylic acids is 1. The molecule has 0 saturated heterocycles. The molecule has 3 heteroatoms. The second-order valence-electron chi connectivity index (χ2n) is 9.15. The molecule has 2 N–H and O–H groups in total. The summed E-state index contributed by atoms with van der Waals surface area (Å²) in [4.78, 5) is 10.7. The lowest BCUT2D eigenvalue weighted by Gasteiger charge is -2.16. The molecule has 3 nitrogen and oxygen atoms in total. The molecule has 0 spiro atoms. The van der Waals surface area contributed by atoms with Crippen molar-refractivity contribution in [1.29, 1.82) is 0 Å². The summed E-state index contributed by atoms with van der Waals surface area (Å²) >= 11 is 0. The van der Waals surface area contributed by atoms with E-state index in [1.807, 2.05) is 12.1 Å². The van der Waals surface area contributed by atoms with Crippen molar-refractivity contribution in [2.24, 2.45) is 5.92 Å². The summed E-state index contributed by atoms with van der Waals surface area (Å²) < 4.78 is 0. The van der Waals surface area contributed by atoms with Crippen LogP contribution >= 0.6 is 0 Å². The Balaban J connectivity index is 1.25. The molecule has 0 aliphatic heterocycles. The topological polar surface area (TPSA) is 49.3 Å². The van der Waals surface area contributed by atoms with Gasteiger partial charge in [-0.25, -0.2) is 0 Å². The summed E-state index contributed by atoms with van der Waals surface area (Å²) in [6.07, 6.45) is 7.74. The second kappa shape index (κ2) is 10.00. The maximum absolute atomic E-state index is 10.7. The van der Waals surface area contributed by atoms with E-state index in [0.717, 1.165) is 11.6 Å². The number of rotatable bonds is 9. The van der Waals surface area contributed by atoms with Crippen molar-refractivity contribution in [2.75, 3.05) is 11.9 Å². The Morgan fingerprint density at radius 1 is 1.03 bits per heavy atom. The van der Waals surface area contributed by atoms with Gasteiger partial charge in [-0.3, -0.25) is 4.79 Å². The maximum atomic E-state index is 10.7. The highest BCUT2D eigenvalue weighted by atomic mass is 16.4. The molecule has 0 unspecified atom stereocenters. The largest absolute Gasteiger partial charge is 0.480 e. The smallest absolute Gasteiger partial charge is 0.322 e. The molecule has 0 bridgehead atoms. The molecule has 31 heavy (non-hydrogen) atoms. The number of carbonyl (C=O) groups is 1. The van der Waals surface area contributed by atoms with Crippen LogP contribution in [0.5, 0.6) is 0 Å². The Hall–Kier alpha value is -2.81. The number of nitrogens with one attached hydrogen (secondary N) is 1. The highest BCUT2D eigenvalue weighted by molar-refractivity contribution is 5.86. The van der Waals surface area contributed by atoms with E-state index >= 15 is 0 Å². The van der Waals surface area contributed by atoms with Crippen molar-refractivity contribution in [3.05, 3.63) is 77.9 Å². The van der Waals surface area contributed by atoms with E-state index in [9.17, 15) is 4.79 Å². The first-order chi connectivity index (χ1) is 15.1. The molecule has 1 saturated carbocycles. The van der Waals surface area contributed by atoms with Gasteiger partial charge in [-0.1, -0.05) is 74.4 Å². The molecule has 4 rings (SSSR count).